The third-order valence-corrected chi connectivity index (χ3v) is 5.49. The number of carbonyl (C=O) groups is 1. The van der Waals surface area contributed by atoms with E-state index in [1.165, 1.54) is 10.6 Å². The van der Waals surface area contributed by atoms with Crippen LogP contribution in [0.1, 0.15) is 34.7 Å². The molecule has 0 saturated heterocycles. The first-order valence-corrected chi connectivity index (χ1v) is 9.77. The van der Waals surface area contributed by atoms with E-state index >= 15 is 0 Å². The summed E-state index contributed by atoms with van der Waals surface area (Å²) >= 11 is 0. The Morgan fingerprint density at radius 2 is 1.90 bits per heavy atom. The van der Waals surface area contributed by atoms with E-state index in [4.69, 9.17) is 4.42 Å². The SMILES string of the molecule is Cn1c(=O)oc2cc(C3CC3)c(-c3ccc(NC(=O)c4c(F)cccc4F)nc3)cc21. The van der Waals surface area contributed by atoms with Crippen LogP contribution in [0.4, 0.5) is 14.6 Å². The number of amides is 1. The topological polar surface area (TPSA) is 77.1 Å². The van der Waals surface area contributed by atoms with E-state index in [0.29, 0.717) is 17.0 Å². The molecule has 0 radical (unpaired) electrons. The molecular weight excluding hydrogens is 404 g/mol. The second-order valence-corrected chi connectivity index (χ2v) is 7.59. The Morgan fingerprint density at radius 3 is 2.55 bits per heavy atom. The van der Waals surface area contributed by atoms with Crippen LogP contribution in [0.3, 0.4) is 0 Å². The maximum atomic E-state index is 13.8. The van der Waals surface area contributed by atoms with E-state index in [0.717, 1.165) is 41.7 Å². The van der Waals surface area contributed by atoms with Crippen molar-refractivity contribution in [3.05, 3.63) is 82.0 Å². The number of pyridine rings is 1. The van der Waals surface area contributed by atoms with Gasteiger partial charge in [0.15, 0.2) is 5.58 Å². The molecule has 2 heterocycles. The van der Waals surface area contributed by atoms with Crippen LogP contribution in [-0.4, -0.2) is 15.5 Å². The maximum absolute atomic E-state index is 13.8. The summed E-state index contributed by atoms with van der Waals surface area (Å²) in [6, 6.07) is 10.4. The highest BCUT2D eigenvalue weighted by Crippen LogP contribution is 2.45. The smallest absolute Gasteiger partial charge is 0.408 e. The van der Waals surface area contributed by atoms with Gasteiger partial charge in [-0.3, -0.25) is 9.36 Å². The molecule has 156 valence electrons. The van der Waals surface area contributed by atoms with Crippen molar-refractivity contribution in [1.82, 2.24) is 9.55 Å². The van der Waals surface area contributed by atoms with Crippen molar-refractivity contribution in [3.63, 3.8) is 0 Å². The number of hydrogen-bond donors (Lipinski definition) is 1. The molecule has 0 aliphatic heterocycles. The first-order chi connectivity index (χ1) is 14.9. The predicted molar refractivity (Wildman–Crippen MR) is 111 cm³/mol. The number of hydrogen-bond acceptors (Lipinski definition) is 4. The molecule has 8 heteroatoms. The van der Waals surface area contributed by atoms with Crippen LogP contribution in [0.25, 0.3) is 22.2 Å². The Morgan fingerprint density at radius 1 is 1.16 bits per heavy atom. The van der Waals surface area contributed by atoms with Gasteiger partial charge in [-0.25, -0.2) is 18.6 Å². The van der Waals surface area contributed by atoms with Crippen LogP contribution in [0, 0.1) is 11.6 Å². The number of oxazole rings is 1. The van der Waals surface area contributed by atoms with E-state index in [9.17, 15) is 18.4 Å². The number of fused-ring (bicyclic) bond motifs is 1. The predicted octanol–water partition coefficient (Wildman–Crippen LogP) is 4.60. The van der Waals surface area contributed by atoms with Crippen molar-refractivity contribution in [1.29, 1.82) is 0 Å². The van der Waals surface area contributed by atoms with Crippen molar-refractivity contribution >= 4 is 22.8 Å². The molecule has 4 aromatic rings. The second-order valence-electron chi connectivity index (χ2n) is 7.59. The van der Waals surface area contributed by atoms with Crippen LogP contribution < -0.4 is 11.1 Å². The lowest BCUT2D eigenvalue weighted by atomic mass is 9.97. The Labute approximate surface area is 175 Å². The van der Waals surface area contributed by atoms with Crippen molar-refractivity contribution in [3.8, 4) is 11.1 Å². The van der Waals surface area contributed by atoms with Gasteiger partial charge in [0.2, 0.25) is 0 Å². The number of nitrogens with one attached hydrogen (secondary N) is 1. The number of halogens is 2. The van der Waals surface area contributed by atoms with Crippen LogP contribution in [0.5, 0.6) is 0 Å². The van der Waals surface area contributed by atoms with Gasteiger partial charge in [-0.1, -0.05) is 6.07 Å². The minimum atomic E-state index is -0.942. The molecule has 5 rings (SSSR count). The fourth-order valence-corrected chi connectivity index (χ4v) is 3.69. The van der Waals surface area contributed by atoms with Gasteiger partial charge in [0.05, 0.1) is 5.52 Å². The molecule has 0 spiro atoms. The average molecular weight is 421 g/mol. The number of aromatic nitrogens is 2. The molecular formula is C23H17F2N3O3. The summed E-state index contributed by atoms with van der Waals surface area (Å²) in [7, 11) is 1.65. The lowest BCUT2D eigenvalue weighted by Gasteiger charge is -2.11. The summed E-state index contributed by atoms with van der Waals surface area (Å²) in [6.45, 7) is 0. The quantitative estimate of drug-likeness (QED) is 0.522. The Hall–Kier alpha value is -3.81. The monoisotopic (exact) mass is 421 g/mol. The average Bonchev–Trinajstić information content (AvgIpc) is 3.55. The molecule has 0 bridgehead atoms. The zero-order valence-corrected chi connectivity index (χ0v) is 16.5. The first kappa shape index (κ1) is 19.2. The normalized spacial score (nSPS) is 13.5. The summed E-state index contributed by atoms with van der Waals surface area (Å²) in [5, 5.41) is 2.42. The highest BCUT2D eigenvalue weighted by molar-refractivity contribution is 6.04. The first-order valence-electron chi connectivity index (χ1n) is 9.77. The van der Waals surface area contributed by atoms with E-state index in [1.54, 1.807) is 25.4 Å². The summed E-state index contributed by atoms with van der Waals surface area (Å²) in [6.07, 6.45) is 3.70. The lowest BCUT2D eigenvalue weighted by molar-refractivity contribution is 0.101. The number of benzene rings is 2. The maximum Gasteiger partial charge on any atom is 0.419 e. The van der Waals surface area contributed by atoms with Gasteiger partial charge in [0, 0.05) is 18.8 Å². The van der Waals surface area contributed by atoms with E-state index in [-0.39, 0.29) is 5.82 Å². The van der Waals surface area contributed by atoms with Crippen LogP contribution in [0.2, 0.25) is 0 Å². The van der Waals surface area contributed by atoms with E-state index in [1.807, 2.05) is 12.1 Å². The van der Waals surface area contributed by atoms with Crippen molar-refractivity contribution < 1.29 is 18.0 Å². The number of rotatable bonds is 4. The molecule has 1 amide bonds. The van der Waals surface area contributed by atoms with E-state index < -0.39 is 28.9 Å². The molecule has 1 saturated carbocycles. The number of anilines is 1. The largest absolute Gasteiger partial charge is 0.419 e. The van der Waals surface area contributed by atoms with Crippen molar-refractivity contribution in [2.45, 2.75) is 18.8 Å². The standard InChI is InChI=1S/C23H17F2N3O3/c1-28-18-9-14(15(12-5-6-12)10-19(18)31-23(28)30)13-7-8-20(26-11-13)27-22(29)21-16(24)3-2-4-17(21)25/h2-4,7-12H,5-6H2,1H3,(H,26,27,29). The molecule has 1 aliphatic carbocycles. The van der Waals surface area contributed by atoms with Crippen LogP contribution in [0.15, 0.2) is 57.9 Å². The zero-order valence-electron chi connectivity index (χ0n) is 16.5. The summed E-state index contributed by atoms with van der Waals surface area (Å²) < 4.78 is 34.4. The van der Waals surface area contributed by atoms with Crippen molar-refractivity contribution in [2.75, 3.05) is 5.32 Å². The van der Waals surface area contributed by atoms with E-state index in [2.05, 4.69) is 10.3 Å². The highest BCUT2D eigenvalue weighted by Gasteiger charge is 2.28. The van der Waals surface area contributed by atoms with Gasteiger partial charge >= 0.3 is 5.76 Å². The third kappa shape index (κ3) is 3.39. The number of nitrogens with zero attached hydrogens (tertiary/aromatic N) is 2. The summed E-state index contributed by atoms with van der Waals surface area (Å²) in [4.78, 5) is 28.4. The molecule has 1 N–H and O–H groups in total. The highest BCUT2D eigenvalue weighted by atomic mass is 19.1. The Kier molecular flexibility index (Phi) is 4.43. The van der Waals surface area contributed by atoms with Gasteiger partial charge in [-0.2, -0.15) is 0 Å². The van der Waals surface area contributed by atoms with Gasteiger partial charge in [0.25, 0.3) is 5.91 Å². The summed E-state index contributed by atoms with van der Waals surface area (Å²) in [5.41, 5.74) is 3.37. The van der Waals surface area contributed by atoms with Gasteiger partial charge in [-0.05, 0) is 66.3 Å². The molecule has 0 unspecified atom stereocenters. The zero-order chi connectivity index (χ0) is 21.7. The van der Waals surface area contributed by atoms with Crippen LogP contribution in [-0.2, 0) is 7.05 Å². The lowest BCUT2D eigenvalue weighted by Crippen LogP contribution is -2.16. The summed E-state index contributed by atoms with van der Waals surface area (Å²) in [5.74, 6) is -2.66. The molecule has 0 atom stereocenters. The fraction of sp³-hybridized carbons (Fsp3) is 0.174. The number of carbonyl (C=O) groups excluding carboxylic acids is 1. The molecule has 6 nitrogen and oxygen atoms in total. The van der Waals surface area contributed by atoms with Crippen molar-refractivity contribution in [2.24, 2.45) is 7.05 Å². The Balaban J connectivity index is 1.48. The van der Waals surface area contributed by atoms with Gasteiger partial charge < -0.3 is 9.73 Å². The minimum absolute atomic E-state index is 0.168. The molecule has 31 heavy (non-hydrogen) atoms. The molecule has 2 aromatic carbocycles. The van der Waals surface area contributed by atoms with Crippen LogP contribution >= 0.6 is 0 Å². The second kappa shape index (κ2) is 7.16. The minimum Gasteiger partial charge on any atom is -0.408 e. The molecule has 2 aromatic heterocycles. The molecule has 1 fully saturated rings. The Bertz CT molecular complexity index is 1370. The van der Waals surface area contributed by atoms with Gasteiger partial charge in [-0.15, -0.1) is 0 Å². The third-order valence-electron chi connectivity index (χ3n) is 5.49. The van der Waals surface area contributed by atoms with Gasteiger partial charge in [0.1, 0.15) is 23.0 Å². The fourth-order valence-electron chi connectivity index (χ4n) is 3.69. The number of aryl methyl sites for hydroxylation is 1. The molecule has 1 aliphatic rings.